The SMILES string of the molecule is COc1cc(=O)n(C)c(Nc2ccc(Br)cc2F)c1NS(=O)C1CC1. The Morgan fingerprint density at radius 3 is 2.68 bits per heavy atom. The van der Waals surface area contributed by atoms with Gasteiger partial charge in [-0.05, 0) is 31.0 Å². The minimum atomic E-state index is -1.30. The molecule has 0 spiro atoms. The van der Waals surface area contributed by atoms with Crippen molar-refractivity contribution in [1.29, 1.82) is 0 Å². The Morgan fingerprint density at radius 1 is 1.36 bits per heavy atom. The fourth-order valence-electron chi connectivity index (χ4n) is 2.27. The fourth-order valence-corrected chi connectivity index (χ4v) is 3.73. The lowest BCUT2D eigenvalue weighted by molar-refractivity contribution is 0.415. The van der Waals surface area contributed by atoms with Crippen molar-refractivity contribution in [2.75, 3.05) is 17.1 Å². The molecule has 9 heteroatoms. The molecule has 1 atom stereocenters. The zero-order valence-electron chi connectivity index (χ0n) is 13.6. The van der Waals surface area contributed by atoms with Gasteiger partial charge in [-0.15, -0.1) is 0 Å². The second kappa shape index (κ2) is 7.17. The van der Waals surface area contributed by atoms with E-state index in [1.54, 1.807) is 19.2 Å². The average molecular weight is 430 g/mol. The van der Waals surface area contributed by atoms with Crippen LogP contribution in [0, 0.1) is 5.82 Å². The first-order valence-corrected chi connectivity index (χ1v) is 9.58. The van der Waals surface area contributed by atoms with Crippen molar-refractivity contribution in [2.24, 2.45) is 7.05 Å². The van der Waals surface area contributed by atoms with Gasteiger partial charge in [-0.3, -0.25) is 14.1 Å². The number of ether oxygens (including phenoxy) is 1. The zero-order chi connectivity index (χ0) is 18.1. The van der Waals surface area contributed by atoms with Crippen molar-refractivity contribution in [3.05, 3.63) is 44.9 Å². The number of rotatable bonds is 6. The van der Waals surface area contributed by atoms with E-state index in [4.69, 9.17) is 4.74 Å². The van der Waals surface area contributed by atoms with Crippen LogP contribution >= 0.6 is 15.9 Å². The van der Waals surface area contributed by atoms with Crippen molar-refractivity contribution in [3.63, 3.8) is 0 Å². The molecule has 25 heavy (non-hydrogen) atoms. The summed E-state index contributed by atoms with van der Waals surface area (Å²) in [4.78, 5) is 12.2. The molecule has 0 aliphatic heterocycles. The summed E-state index contributed by atoms with van der Waals surface area (Å²) in [6, 6.07) is 5.84. The molecule has 0 amide bonds. The van der Waals surface area contributed by atoms with E-state index >= 15 is 0 Å². The van der Waals surface area contributed by atoms with E-state index in [2.05, 4.69) is 26.0 Å². The van der Waals surface area contributed by atoms with Gasteiger partial charge >= 0.3 is 0 Å². The first kappa shape index (κ1) is 17.9. The largest absolute Gasteiger partial charge is 0.494 e. The standard InChI is InChI=1S/C16H17BrFN3O3S/c1-21-14(22)8-13(24-2)15(20-25(23)10-4-5-10)16(21)19-12-6-3-9(17)7-11(12)18/h3,6-8,10,19-20H,4-5H2,1-2H3. The van der Waals surface area contributed by atoms with E-state index in [1.807, 2.05) is 0 Å². The molecule has 6 nitrogen and oxygen atoms in total. The molecule has 1 unspecified atom stereocenters. The summed E-state index contributed by atoms with van der Waals surface area (Å²) in [6.07, 6.45) is 1.77. The van der Waals surface area contributed by atoms with Crippen molar-refractivity contribution in [2.45, 2.75) is 18.1 Å². The molecule has 1 aromatic carbocycles. The van der Waals surface area contributed by atoms with Gasteiger partial charge in [0.25, 0.3) is 5.56 Å². The van der Waals surface area contributed by atoms with Crippen molar-refractivity contribution >= 4 is 44.1 Å². The summed E-state index contributed by atoms with van der Waals surface area (Å²) in [5, 5.41) is 2.99. The van der Waals surface area contributed by atoms with Crippen LogP contribution in [0.15, 0.2) is 33.5 Å². The zero-order valence-corrected chi connectivity index (χ0v) is 16.0. The van der Waals surface area contributed by atoms with E-state index in [9.17, 15) is 13.4 Å². The molecule has 1 fully saturated rings. The van der Waals surface area contributed by atoms with Crippen molar-refractivity contribution in [1.82, 2.24) is 4.57 Å². The molecule has 0 saturated heterocycles. The monoisotopic (exact) mass is 429 g/mol. The number of methoxy groups -OCH3 is 1. The maximum Gasteiger partial charge on any atom is 0.255 e. The van der Waals surface area contributed by atoms with Gasteiger partial charge in [0, 0.05) is 17.6 Å². The van der Waals surface area contributed by atoms with Gasteiger partial charge in [-0.25, -0.2) is 8.60 Å². The van der Waals surface area contributed by atoms with Crippen molar-refractivity contribution in [3.8, 4) is 5.75 Å². The third-order valence-corrected chi connectivity index (χ3v) is 5.81. The second-order valence-corrected chi connectivity index (χ2v) is 8.06. The predicted octanol–water partition coefficient (Wildman–Crippen LogP) is 3.28. The quantitative estimate of drug-likeness (QED) is 0.738. The molecule has 2 N–H and O–H groups in total. The minimum absolute atomic E-state index is 0.0826. The van der Waals surface area contributed by atoms with E-state index < -0.39 is 16.8 Å². The number of halogens is 2. The Hall–Kier alpha value is -1.87. The third-order valence-electron chi connectivity index (χ3n) is 3.84. The van der Waals surface area contributed by atoms with Crippen LogP contribution in [0.3, 0.4) is 0 Å². The molecule has 1 aliphatic carbocycles. The predicted molar refractivity (Wildman–Crippen MR) is 100 cm³/mol. The van der Waals surface area contributed by atoms with Crippen LogP contribution in [-0.4, -0.2) is 21.1 Å². The highest BCUT2D eigenvalue weighted by Crippen LogP contribution is 2.36. The van der Waals surface area contributed by atoms with Gasteiger partial charge in [-0.2, -0.15) is 0 Å². The molecular weight excluding hydrogens is 413 g/mol. The number of pyridine rings is 1. The first-order valence-electron chi connectivity index (χ1n) is 7.58. The summed E-state index contributed by atoms with van der Waals surface area (Å²) in [7, 11) is 1.67. The fraction of sp³-hybridized carbons (Fsp3) is 0.312. The van der Waals surface area contributed by atoms with E-state index in [-0.39, 0.29) is 28.1 Å². The highest BCUT2D eigenvalue weighted by atomic mass is 79.9. The van der Waals surface area contributed by atoms with Gasteiger partial charge in [0.1, 0.15) is 28.3 Å². The number of aromatic nitrogens is 1. The highest BCUT2D eigenvalue weighted by molar-refractivity contribution is 9.10. The van der Waals surface area contributed by atoms with Crippen LogP contribution in [0.25, 0.3) is 0 Å². The number of nitrogens with one attached hydrogen (secondary N) is 2. The Balaban J connectivity index is 2.07. The molecule has 0 bridgehead atoms. The Bertz CT molecular complexity index is 899. The van der Waals surface area contributed by atoms with Gasteiger partial charge in [0.2, 0.25) is 0 Å². The maximum atomic E-state index is 14.2. The van der Waals surface area contributed by atoms with Gasteiger partial charge in [-0.1, -0.05) is 15.9 Å². The number of hydrogen-bond donors (Lipinski definition) is 2. The lowest BCUT2D eigenvalue weighted by Gasteiger charge is -2.19. The second-order valence-electron chi connectivity index (χ2n) is 5.68. The van der Waals surface area contributed by atoms with E-state index in [0.29, 0.717) is 10.2 Å². The van der Waals surface area contributed by atoms with Gasteiger partial charge in [0.05, 0.1) is 18.0 Å². The lowest BCUT2D eigenvalue weighted by atomic mass is 10.3. The summed E-state index contributed by atoms with van der Waals surface area (Å²) >= 11 is 3.21. The van der Waals surface area contributed by atoms with Gasteiger partial charge < -0.3 is 10.1 Å². The molecule has 134 valence electrons. The minimum Gasteiger partial charge on any atom is -0.494 e. The number of benzene rings is 1. The summed E-state index contributed by atoms with van der Waals surface area (Å²) < 4.78 is 36.6. The maximum absolute atomic E-state index is 14.2. The third kappa shape index (κ3) is 3.87. The van der Waals surface area contributed by atoms with Crippen LogP contribution in [-0.2, 0) is 18.0 Å². The average Bonchev–Trinajstić information content (AvgIpc) is 3.41. The molecular formula is C16H17BrFN3O3S. The Kier molecular flexibility index (Phi) is 5.14. The van der Waals surface area contributed by atoms with E-state index in [1.165, 1.54) is 23.8 Å². The summed E-state index contributed by atoms with van der Waals surface area (Å²) in [5.41, 5.74) is 0.212. The van der Waals surface area contributed by atoms with Crippen LogP contribution in [0.5, 0.6) is 5.75 Å². The normalized spacial score (nSPS) is 14.9. The molecule has 3 rings (SSSR count). The summed E-state index contributed by atoms with van der Waals surface area (Å²) in [5.74, 6) is 0.0376. The first-order chi connectivity index (χ1) is 11.9. The molecule has 2 aromatic rings. The molecule has 1 aliphatic rings. The molecule has 1 saturated carbocycles. The van der Waals surface area contributed by atoms with Gasteiger partial charge in [0.15, 0.2) is 5.75 Å². The number of hydrogen-bond acceptors (Lipinski definition) is 4. The van der Waals surface area contributed by atoms with Crippen LogP contribution in [0.4, 0.5) is 21.6 Å². The number of anilines is 3. The summed E-state index contributed by atoms with van der Waals surface area (Å²) in [6.45, 7) is 0. The Labute approximate surface area is 155 Å². The molecule has 1 heterocycles. The topological polar surface area (TPSA) is 72.4 Å². The van der Waals surface area contributed by atoms with Crippen LogP contribution in [0.1, 0.15) is 12.8 Å². The Morgan fingerprint density at radius 2 is 2.08 bits per heavy atom. The van der Waals surface area contributed by atoms with Crippen LogP contribution < -0.4 is 20.3 Å². The van der Waals surface area contributed by atoms with Crippen LogP contribution in [0.2, 0.25) is 0 Å². The highest BCUT2D eigenvalue weighted by Gasteiger charge is 2.30. The van der Waals surface area contributed by atoms with Crippen molar-refractivity contribution < 1.29 is 13.3 Å². The smallest absolute Gasteiger partial charge is 0.255 e. The number of nitrogens with zero attached hydrogens (tertiary/aromatic N) is 1. The van der Waals surface area contributed by atoms with E-state index in [0.717, 1.165) is 12.8 Å². The lowest BCUT2D eigenvalue weighted by Crippen LogP contribution is -2.22. The molecule has 1 aromatic heterocycles. The molecule has 0 radical (unpaired) electrons.